The Morgan fingerprint density at radius 2 is 1.44 bits per heavy atom. The van der Waals surface area contributed by atoms with Crippen LogP contribution in [0.2, 0.25) is 0 Å². The summed E-state index contributed by atoms with van der Waals surface area (Å²) in [6.07, 6.45) is 1.85. The Bertz CT molecular complexity index is 761. The average Bonchev–Trinajstić information content (AvgIpc) is 2.60. The molecule has 0 saturated heterocycles. The zero-order valence-electron chi connectivity index (χ0n) is 16.7. The Kier molecular flexibility index (Phi) is 7.86. The zero-order valence-corrected chi connectivity index (χ0v) is 16.7. The quantitative estimate of drug-likeness (QED) is 0.521. The molecule has 2 rings (SSSR count). The molecule has 0 saturated carbocycles. The summed E-state index contributed by atoms with van der Waals surface area (Å²) < 4.78 is 0. The van der Waals surface area contributed by atoms with Crippen LogP contribution in [-0.4, -0.2) is 32.0 Å². The molecule has 2 aromatic carbocycles. The molecule has 2 aromatic rings. The highest BCUT2D eigenvalue weighted by atomic mass is 16.1. The summed E-state index contributed by atoms with van der Waals surface area (Å²) in [4.78, 5) is 15.3. The second kappa shape index (κ2) is 10.4. The molecule has 144 valence electrons. The lowest BCUT2D eigenvalue weighted by Gasteiger charge is -2.12. The minimum Gasteiger partial charge on any atom is -0.356 e. The van der Waals surface area contributed by atoms with E-state index in [4.69, 9.17) is 0 Å². The van der Waals surface area contributed by atoms with Gasteiger partial charge in [0.1, 0.15) is 0 Å². The molecule has 0 bridgehead atoms. The summed E-state index contributed by atoms with van der Waals surface area (Å²) >= 11 is 0. The number of anilines is 1. The molecule has 1 amide bonds. The van der Waals surface area contributed by atoms with Crippen LogP contribution >= 0.6 is 0 Å². The maximum atomic E-state index is 11.0. The first-order chi connectivity index (χ1) is 13.0. The van der Waals surface area contributed by atoms with Gasteiger partial charge in [0.25, 0.3) is 0 Å². The van der Waals surface area contributed by atoms with Crippen molar-refractivity contribution in [1.29, 1.82) is 0 Å². The summed E-state index contributed by atoms with van der Waals surface area (Å²) in [6, 6.07) is 14.6. The fourth-order valence-corrected chi connectivity index (χ4v) is 3.04. The minimum atomic E-state index is -0.0554. The topological polar surface area (TPSA) is 65.5 Å². The van der Waals surface area contributed by atoms with E-state index in [0.29, 0.717) is 0 Å². The summed E-state index contributed by atoms with van der Waals surface area (Å²) in [5.74, 6) is 0.759. The second-order valence-electron chi connectivity index (χ2n) is 6.80. The van der Waals surface area contributed by atoms with Gasteiger partial charge in [-0.15, -0.1) is 0 Å². The number of benzene rings is 2. The van der Waals surface area contributed by atoms with Gasteiger partial charge in [-0.2, -0.15) is 0 Å². The lowest BCUT2D eigenvalue weighted by molar-refractivity contribution is -0.114. The highest BCUT2D eigenvalue weighted by Gasteiger charge is 2.01. The van der Waals surface area contributed by atoms with Crippen LogP contribution in [0.1, 0.15) is 29.2 Å². The van der Waals surface area contributed by atoms with Crippen LogP contribution < -0.4 is 16.0 Å². The van der Waals surface area contributed by atoms with Gasteiger partial charge in [0, 0.05) is 32.7 Å². The van der Waals surface area contributed by atoms with Crippen molar-refractivity contribution in [3.05, 3.63) is 64.7 Å². The van der Waals surface area contributed by atoms with Gasteiger partial charge < -0.3 is 16.0 Å². The Morgan fingerprint density at radius 1 is 0.889 bits per heavy atom. The first kappa shape index (κ1) is 20.5. The van der Waals surface area contributed by atoms with Crippen molar-refractivity contribution in [3.8, 4) is 0 Å². The van der Waals surface area contributed by atoms with E-state index in [1.165, 1.54) is 29.2 Å². The number of carbonyl (C=O) groups excluding carboxylic acids is 1. The monoisotopic (exact) mass is 366 g/mol. The molecule has 0 atom stereocenters. The standard InChI is InChI=1S/C22H30N4O/c1-16-13-17(2)15-20(14-16)10-12-25-22(23-4)24-11-9-19-5-7-21(8-6-19)26-18(3)27/h5-8,13-15H,9-12H2,1-4H3,(H,26,27)(H2,23,24,25). The average molecular weight is 367 g/mol. The largest absolute Gasteiger partial charge is 0.356 e. The number of carbonyl (C=O) groups is 1. The summed E-state index contributed by atoms with van der Waals surface area (Å²) in [5.41, 5.74) is 5.98. The predicted molar refractivity (Wildman–Crippen MR) is 113 cm³/mol. The lowest BCUT2D eigenvalue weighted by atomic mass is 10.1. The summed E-state index contributed by atoms with van der Waals surface area (Å²) in [6.45, 7) is 7.41. The number of nitrogens with one attached hydrogen (secondary N) is 3. The van der Waals surface area contributed by atoms with E-state index in [2.05, 4.69) is 53.0 Å². The van der Waals surface area contributed by atoms with Gasteiger partial charge in [0.05, 0.1) is 0 Å². The lowest BCUT2D eigenvalue weighted by Crippen LogP contribution is -2.39. The van der Waals surface area contributed by atoms with Crippen molar-refractivity contribution in [2.45, 2.75) is 33.6 Å². The van der Waals surface area contributed by atoms with Gasteiger partial charge in [-0.25, -0.2) is 0 Å². The number of guanidine groups is 1. The van der Waals surface area contributed by atoms with Crippen molar-refractivity contribution >= 4 is 17.6 Å². The number of aliphatic imine (C=N–C) groups is 1. The molecule has 0 aliphatic rings. The molecule has 0 unspecified atom stereocenters. The van der Waals surface area contributed by atoms with Crippen molar-refractivity contribution < 1.29 is 4.79 Å². The summed E-state index contributed by atoms with van der Waals surface area (Å²) in [7, 11) is 1.79. The Labute approximate surface area is 162 Å². The number of amides is 1. The summed E-state index contributed by atoms with van der Waals surface area (Å²) in [5, 5.41) is 9.48. The van der Waals surface area contributed by atoms with Gasteiger partial charge in [-0.3, -0.25) is 9.79 Å². The normalized spacial score (nSPS) is 11.2. The minimum absolute atomic E-state index is 0.0554. The second-order valence-corrected chi connectivity index (χ2v) is 6.80. The molecule has 0 heterocycles. The molecule has 5 nitrogen and oxygen atoms in total. The molecule has 0 fully saturated rings. The Balaban J connectivity index is 1.73. The first-order valence-corrected chi connectivity index (χ1v) is 9.34. The highest BCUT2D eigenvalue weighted by Crippen LogP contribution is 2.10. The zero-order chi connectivity index (χ0) is 19.6. The van der Waals surface area contributed by atoms with Gasteiger partial charge >= 0.3 is 0 Å². The third-order valence-corrected chi connectivity index (χ3v) is 4.19. The van der Waals surface area contributed by atoms with E-state index in [1.54, 1.807) is 7.05 Å². The Morgan fingerprint density at radius 3 is 1.96 bits per heavy atom. The molecular formula is C22H30N4O. The van der Waals surface area contributed by atoms with Crippen LogP contribution in [0.5, 0.6) is 0 Å². The van der Waals surface area contributed by atoms with Gasteiger partial charge in [-0.05, 0) is 49.9 Å². The van der Waals surface area contributed by atoms with Crippen LogP contribution in [0.15, 0.2) is 47.5 Å². The van der Waals surface area contributed by atoms with Crippen LogP contribution in [0, 0.1) is 13.8 Å². The van der Waals surface area contributed by atoms with Gasteiger partial charge in [0.2, 0.25) is 5.91 Å². The van der Waals surface area contributed by atoms with E-state index in [1.807, 2.05) is 24.3 Å². The van der Waals surface area contributed by atoms with Crippen molar-refractivity contribution in [3.63, 3.8) is 0 Å². The van der Waals surface area contributed by atoms with Crippen molar-refractivity contribution in [2.24, 2.45) is 4.99 Å². The molecular weight excluding hydrogens is 336 g/mol. The first-order valence-electron chi connectivity index (χ1n) is 9.34. The maximum Gasteiger partial charge on any atom is 0.221 e. The smallest absolute Gasteiger partial charge is 0.221 e. The molecule has 5 heteroatoms. The third-order valence-electron chi connectivity index (χ3n) is 4.19. The fraction of sp³-hybridized carbons (Fsp3) is 0.364. The molecule has 27 heavy (non-hydrogen) atoms. The van der Waals surface area contributed by atoms with Crippen LogP contribution in [0.4, 0.5) is 5.69 Å². The van der Waals surface area contributed by atoms with E-state index in [0.717, 1.165) is 37.6 Å². The molecule has 0 aliphatic heterocycles. The van der Waals surface area contributed by atoms with E-state index in [9.17, 15) is 4.79 Å². The van der Waals surface area contributed by atoms with Crippen LogP contribution in [0.3, 0.4) is 0 Å². The molecule has 3 N–H and O–H groups in total. The Hall–Kier alpha value is -2.82. The maximum absolute atomic E-state index is 11.0. The van der Waals surface area contributed by atoms with E-state index < -0.39 is 0 Å². The molecule has 0 spiro atoms. The van der Waals surface area contributed by atoms with Gasteiger partial charge in [-0.1, -0.05) is 41.5 Å². The van der Waals surface area contributed by atoms with Crippen molar-refractivity contribution in [1.82, 2.24) is 10.6 Å². The number of hydrogen-bond acceptors (Lipinski definition) is 2. The molecule has 0 radical (unpaired) electrons. The molecule has 0 aliphatic carbocycles. The number of nitrogens with zero attached hydrogens (tertiary/aromatic N) is 1. The SMILES string of the molecule is CN=C(NCCc1ccc(NC(C)=O)cc1)NCCc1cc(C)cc(C)c1. The number of aryl methyl sites for hydroxylation is 2. The highest BCUT2D eigenvalue weighted by molar-refractivity contribution is 5.88. The fourth-order valence-electron chi connectivity index (χ4n) is 3.04. The number of hydrogen-bond donors (Lipinski definition) is 3. The molecule has 0 aromatic heterocycles. The van der Waals surface area contributed by atoms with Crippen molar-refractivity contribution in [2.75, 3.05) is 25.5 Å². The van der Waals surface area contributed by atoms with Gasteiger partial charge in [0.15, 0.2) is 5.96 Å². The van der Waals surface area contributed by atoms with Crippen LogP contribution in [-0.2, 0) is 17.6 Å². The van der Waals surface area contributed by atoms with E-state index >= 15 is 0 Å². The third kappa shape index (κ3) is 7.52. The van der Waals surface area contributed by atoms with Crippen LogP contribution in [0.25, 0.3) is 0 Å². The number of rotatable bonds is 7. The van der Waals surface area contributed by atoms with E-state index in [-0.39, 0.29) is 5.91 Å². The predicted octanol–water partition coefficient (Wildman–Crippen LogP) is 3.21.